The number of fused-ring (bicyclic) bond motifs is 2. The summed E-state index contributed by atoms with van der Waals surface area (Å²) in [5, 5.41) is 3.93. The highest BCUT2D eigenvalue weighted by atomic mass is 32.2. The fourth-order valence-electron chi connectivity index (χ4n) is 3.91. The topological polar surface area (TPSA) is 88.8 Å². The first-order valence-electron chi connectivity index (χ1n) is 8.83. The highest BCUT2D eigenvalue weighted by Crippen LogP contribution is 2.33. The number of rotatable bonds is 4. The molecular weight excluding hydrogens is 356 g/mol. The second-order valence-corrected chi connectivity index (χ2v) is 8.87. The summed E-state index contributed by atoms with van der Waals surface area (Å²) in [7, 11) is -3.56. The number of furan rings is 1. The summed E-state index contributed by atoms with van der Waals surface area (Å²) in [5.41, 5.74) is 1.07. The summed E-state index contributed by atoms with van der Waals surface area (Å²) in [6.07, 6.45) is 0. The Morgan fingerprint density at radius 2 is 2.00 bits per heavy atom. The first-order chi connectivity index (χ1) is 12.4. The predicted molar refractivity (Wildman–Crippen MR) is 95.5 cm³/mol. The molecule has 2 aromatic rings. The van der Waals surface area contributed by atoms with E-state index in [2.05, 4.69) is 5.32 Å². The second kappa shape index (κ2) is 6.37. The molecule has 7 nitrogen and oxygen atoms in total. The molecule has 26 heavy (non-hydrogen) atoms. The lowest BCUT2D eigenvalue weighted by Gasteiger charge is -2.17. The standard InChI is InChI=1S/C18H22N2O5S/c1-3-24-18(21)17-11(2)15-6-14(4-5-16(15)25-17)26(22,23)20-9-12-7-19-8-13(12)10-20/h4-6,12-13,19H,3,7-10H2,1-2H3/t12-,13+. The van der Waals surface area contributed by atoms with Crippen LogP contribution < -0.4 is 5.32 Å². The van der Waals surface area contributed by atoms with Gasteiger partial charge in [0.1, 0.15) is 5.58 Å². The van der Waals surface area contributed by atoms with Crippen LogP contribution in [-0.4, -0.2) is 51.5 Å². The van der Waals surface area contributed by atoms with Crippen molar-refractivity contribution in [1.82, 2.24) is 9.62 Å². The van der Waals surface area contributed by atoms with Crippen LogP contribution in [0.1, 0.15) is 23.0 Å². The number of nitrogens with one attached hydrogen (secondary N) is 1. The van der Waals surface area contributed by atoms with Gasteiger partial charge in [-0.05, 0) is 57.0 Å². The molecule has 2 saturated heterocycles. The Morgan fingerprint density at radius 1 is 1.31 bits per heavy atom. The fourth-order valence-corrected chi connectivity index (χ4v) is 5.49. The van der Waals surface area contributed by atoms with Crippen molar-refractivity contribution in [3.05, 3.63) is 29.5 Å². The molecule has 0 spiro atoms. The lowest BCUT2D eigenvalue weighted by molar-refractivity contribution is 0.0491. The van der Waals surface area contributed by atoms with Gasteiger partial charge in [0.25, 0.3) is 0 Å². The molecule has 0 radical (unpaired) electrons. The number of sulfonamides is 1. The van der Waals surface area contributed by atoms with Gasteiger partial charge in [0.2, 0.25) is 15.8 Å². The first-order valence-corrected chi connectivity index (χ1v) is 10.3. The van der Waals surface area contributed by atoms with E-state index in [0.29, 0.717) is 41.5 Å². The van der Waals surface area contributed by atoms with Gasteiger partial charge in [-0.2, -0.15) is 4.31 Å². The molecule has 4 rings (SSSR count). The van der Waals surface area contributed by atoms with Crippen molar-refractivity contribution >= 4 is 27.0 Å². The Balaban J connectivity index is 1.68. The van der Waals surface area contributed by atoms with Gasteiger partial charge in [0.15, 0.2) is 0 Å². The predicted octanol–water partition coefficient (Wildman–Crippen LogP) is 1.76. The maximum Gasteiger partial charge on any atom is 0.374 e. The minimum Gasteiger partial charge on any atom is -0.460 e. The molecule has 3 heterocycles. The van der Waals surface area contributed by atoms with Gasteiger partial charge in [0, 0.05) is 24.0 Å². The molecule has 2 aliphatic heterocycles. The van der Waals surface area contributed by atoms with E-state index in [1.807, 2.05) is 0 Å². The third kappa shape index (κ3) is 2.72. The number of hydrogen-bond donors (Lipinski definition) is 1. The maximum atomic E-state index is 13.0. The van der Waals surface area contributed by atoms with E-state index in [-0.39, 0.29) is 17.3 Å². The van der Waals surface area contributed by atoms with Crippen molar-refractivity contribution in [2.45, 2.75) is 18.7 Å². The first kappa shape index (κ1) is 17.5. The number of aryl methyl sites for hydroxylation is 1. The molecule has 2 aliphatic rings. The number of carbonyl (C=O) groups excluding carboxylic acids is 1. The van der Waals surface area contributed by atoms with Crippen LogP contribution in [0.2, 0.25) is 0 Å². The largest absolute Gasteiger partial charge is 0.460 e. The van der Waals surface area contributed by atoms with Crippen LogP contribution in [-0.2, 0) is 14.8 Å². The lowest BCUT2D eigenvalue weighted by Crippen LogP contribution is -2.31. The number of hydrogen-bond acceptors (Lipinski definition) is 6. The summed E-state index contributed by atoms with van der Waals surface area (Å²) in [6, 6.07) is 4.75. The van der Waals surface area contributed by atoms with E-state index in [0.717, 1.165) is 13.1 Å². The molecule has 140 valence electrons. The molecule has 0 saturated carbocycles. The monoisotopic (exact) mass is 378 g/mol. The van der Waals surface area contributed by atoms with E-state index in [1.54, 1.807) is 36.4 Å². The van der Waals surface area contributed by atoms with Gasteiger partial charge in [-0.15, -0.1) is 0 Å². The molecule has 2 atom stereocenters. The zero-order valence-corrected chi connectivity index (χ0v) is 15.6. The van der Waals surface area contributed by atoms with Crippen molar-refractivity contribution in [3.8, 4) is 0 Å². The highest BCUT2D eigenvalue weighted by molar-refractivity contribution is 7.89. The van der Waals surface area contributed by atoms with E-state index in [4.69, 9.17) is 9.15 Å². The molecule has 8 heteroatoms. The quantitative estimate of drug-likeness (QED) is 0.816. The summed E-state index contributed by atoms with van der Waals surface area (Å²) in [6.45, 7) is 6.56. The Hall–Kier alpha value is -1.90. The van der Waals surface area contributed by atoms with Gasteiger partial charge >= 0.3 is 5.97 Å². The molecule has 0 amide bonds. The second-order valence-electron chi connectivity index (χ2n) is 6.94. The third-order valence-corrected chi connectivity index (χ3v) is 7.19. The summed E-state index contributed by atoms with van der Waals surface area (Å²) in [4.78, 5) is 12.2. The molecule has 0 unspecified atom stereocenters. The Bertz CT molecular complexity index is 953. The van der Waals surface area contributed by atoms with Crippen molar-refractivity contribution in [3.63, 3.8) is 0 Å². The van der Waals surface area contributed by atoms with Gasteiger partial charge in [-0.3, -0.25) is 0 Å². The highest BCUT2D eigenvalue weighted by Gasteiger charge is 2.41. The number of benzene rings is 1. The Kier molecular flexibility index (Phi) is 4.29. The summed E-state index contributed by atoms with van der Waals surface area (Å²) in [5.74, 6) is 0.364. The number of esters is 1. The number of carbonyl (C=O) groups is 1. The molecule has 0 bridgehead atoms. The smallest absolute Gasteiger partial charge is 0.374 e. The molecule has 1 aromatic heterocycles. The third-order valence-electron chi connectivity index (χ3n) is 5.36. The van der Waals surface area contributed by atoms with Crippen LogP contribution in [0.5, 0.6) is 0 Å². The number of ether oxygens (including phenoxy) is 1. The fraction of sp³-hybridized carbons (Fsp3) is 0.500. The summed E-state index contributed by atoms with van der Waals surface area (Å²) >= 11 is 0. The zero-order valence-electron chi connectivity index (χ0n) is 14.8. The van der Waals surface area contributed by atoms with Gasteiger partial charge < -0.3 is 14.5 Å². The van der Waals surface area contributed by atoms with E-state index in [1.165, 1.54) is 0 Å². The van der Waals surface area contributed by atoms with Crippen LogP contribution in [0.15, 0.2) is 27.5 Å². The van der Waals surface area contributed by atoms with E-state index < -0.39 is 16.0 Å². The van der Waals surface area contributed by atoms with Crippen LogP contribution in [0, 0.1) is 18.8 Å². The van der Waals surface area contributed by atoms with Crippen LogP contribution in [0.25, 0.3) is 11.0 Å². The van der Waals surface area contributed by atoms with Gasteiger partial charge in [-0.1, -0.05) is 0 Å². The van der Waals surface area contributed by atoms with Crippen LogP contribution in [0.3, 0.4) is 0 Å². The van der Waals surface area contributed by atoms with Crippen LogP contribution >= 0.6 is 0 Å². The van der Waals surface area contributed by atoms with Gasteiger partial charge in [0.05, 0.1) is 11.5 Å². The van der Waals surface area contributed by atoms with Crippen molar-refractivity contribution in [2.24, 2.45) is 11.8 Å². The normalized spacial score (nSPS) is 23.5. The lowest BCUT2D eigenvalue weighted by atomic mass is 10.0. The molecule has 0 aliphatic carbocycles. The minimum absolute atomic E-state index is 0.123. The van der Waals surface area contributed by atoms with E-state index >= 15 is 0 Å². The van der Waals surface area contributed by atoms with E-state index in [9.17, 15) is 13.2 Å². The zero-order chi connectivity index (χ0) is 18.5. The molecule has 2 fully saturated rings. The molecule has 1 N–H and O–H groups in total. The van der Waals surface area contributed by atoms with Crippen molar-refractivity contribution in [1.29, 1.82) is 0 Å². The maximum absolute atomic E-state index is 13.0. The molecular formula is C18H22N2O5S. The Morgan fingerprint density at radius 3 is 2.65 bits per heavy atom. The Labute approximate surface area is 152 Å². The average Bonchev–Trinajstić information content (AvgIpc) is 3.28. The van der Waals surface area contributed by atoms with Crippen LogP contribution in [0.4, 0.5) is 0 Å². The number of nitrogens with zero attached hydrogens (tertiary/aromatic N) is 1. The van der Waals surface area contributed by atoms with Gasteiger partial charge in [-0.25, -0.2) is 13.2 Å². The van der Waals surface area contributed by atoms with Crippen molar-refractivity contribution in [2.75, 3.05) is 32.8 Å². The minimum atomic E-state index is -3.56. The molecule has 1 aromatic carbocycles. The summed E-state index contributed by atoms with van der Waals surface area (Å²) < 4.78 is 38.2. The SMILES string of the molecule is CCOC(=O)c1oc2ccc(S(=O)(=O)N3C[C@H]4CNC[C@H]4C3)cc2c1C. The average molecular weight is 378 g/mol. The van der Waals surface area contributed by atoms with Crippen molar-refractivity contribution < 1.29 is 22.4 Å².